The van der Waals surface area contributed by atoms with Crippen molar-refractivity contribution in [3.8, 4) is 11.1 Å². The molecule has 0 saturated heterocycles. The summed E-state index contributed by atoms with van der Waals surface area (Å²) < 4.78 is 2.32. The number of para-hydroxylation sites is 1. The SMILES string of the molecule is CC1(C)c2ccccc2-c2cc3c4ccccc4n(C4=C=C=CC=C4)c3cc21. The van der Waals surface area contributed by atoms with Crippen LogP contribution in [0.5, 0.6) is 0 Å². The van der Waals surface area contributed by atoms with Gasteiger partial charge in [0, 0.05) is 16.2 Å². The van der Waals surface area contributed by atoms with E-state index in [1.807, 2.05) is 12.2 Å². The number of hydrogen-bond donors (Lipinski definition) is 0. The predicted octanol–water partition coefficient (Wildman–Crippen LogP) is 6.82. The first-order chi connectivity index (χ1) is 13.7. The maximum Gasteiger partial charge on any atom is 0.0973 e. The number of aromatic nitrogens is 1. The third-order valence-electron chi connectivity index (χ3n) is 6.25. The Morgan fingerprint density at radius 2 is 1.61 bits per heavy atom. The van der Waals surface area contributed by atoms with Crippen molar-refractivity contribution >= 4 is 27.5 Å². The molecule has 2 aliphatic rings. The number of nitrogens with zero attached hydrogens (tertiary/aromatic N) is 1. The lowest BCUT2D eigenvalue weighted by molar-refractivity contribution is 0.661. The zero-order valence-electron chi connectivity index (χ0n) is 16.0. The van der Waals surface area contributed by atoms with Gasteiger partial charge in [-0.3, -0.25) is 0 Å². The van der Waals surface area contributed by atoms with Crippen molar-refractivity contribution in [2.45, 2.75) is 19.3 Å². The molecule has 0 radical (unpaired) electrons. The van der Waals surface area contributed by atoms with E-state index < -0.39 is 0 Å². The van der Waals surface area contributed by atoms with Gasteiger partial charge >= 0.3 is 0 Å². The van der Waals surface area contributed by atoms with Gasteiger partial charge in [-0.25, -0.2) is 0 Å². The summed E-state index contributed by atoms with van der Waals surface area (Å²) in [5, 5.41) is 2.57. The lowest BCUT2D eigenvalue weighted by Crippen LogP contribution is -2.15. The van der Waals surface area contributed by atoms with Crippen molar-refractivity contribution in [2.75, 3.05) is 0 Å². The Morgan fingerprint density at radius 3 is 2.46 bits per heavy atom. The molecule has 1 nitrogen and oxygen atoms in total. The van der Waals surface area contributed by atoms with E-state index in [4.69, 9.17) is 0 Å². The second-order valence-electron chi connectivity index (χ2n) is 8.12. The molecule has 1 heteroatoms. The lowest BCUT2D eigenvalue weighted by atomic mass is 9.82. The van der Waals surface area contributed by atoms with Crippen LogP contribution in [0.2, 0.25) is 0 Å². The molecular weight excluding hydrogens is 338 g/mol. The highest BCUT2D eigenvalue weighted by Crippen LogP contribution is 2.50. The first kappa shape index (κ1) is 15.5. The molecule has 132 valence electrons. The second-order valence-corrected chi connectivity index (χ2v) is 8.12. The van der Waals surface area contributed by atoms with E-state index in [9.17, 15) is 0 Å². The van der Waals surface area contributed by atoms with Crippen LogP contribution in [0.1, 0.15) is 25.0 Å². The molecule has 0 saturated carbocycles. The fourth-order valence-corrected chi connectivity index (χ4v) is 4.90. The first-order valence-electron chi connectivity index (χ1n) is 9.72. The topological polar surface area (TPSA) is 4.93 Å². The molecule has 4 aromatic rings. The monoisotopic (exact) mass is 357 g/mol. The third kappa shape index (κ3) is 1.87. The van der Waals surface area contributed by atoms with E-state index in [0.717, 1.165) is 5.70 Å². The maximum atomic E-state index is 3.30. The molecule has 0 N–H and O–H groups in total. The summed E-state index contributed by atoms with van der Waals surface area (Å²) in [7, 11) is 0. The molecular formula is C27H19N. The highest BCUT2D eigenvalue weighted by Gasteiger charge is 2.36. The molecule has 0 aliphatic heterocycles. The average molecular weight is 357 g/mol. The summed E-state index contributed by atoms with van der Waals surface area (Å²) in [5.74, 6) is 0. The van der Waals surface area contributed by atoms with Gasteiger partial charge in [0.2, 0.25) is 0 Å². The van der Waals surface area contributed by atoms with Crippen LogP contribution in [0, 0.1) is 0 Å². The van der Waals surface area contributed by atoms with Crippen LogP contribution < -0.4 is 0 Å². The Bertz CT molecular complexity index is 1440. The minimum atomic E-state index is -0.00602. The minimum Gasteiger partial charge on any atom is -0.302 e. The summed E-state index contributed by atoms with van der Waals surface area (Å²) in [6.45, 7) is 4.66. The van der Waals surface area contributed by atoms with Crippen LogP contribution in [-0.4, -0.2) is 4.57 Å². The normalized spacial score (nSPS) is 15.9. The Kier molecular flexibility index (Phi) is 2.93. The van der Waals surface area contributed by atoms with E-state index in [2.05, 4.69) is 96.6 Å². The van der Waals surface area contributed by atoms with E-state index in [-0.39, 0.29) is 5.41 Å². The zero-order chi connectivity index (χ0) is 18.9. The molecule has 3 aromatic carbocycles. The van der Waals surface area contributed by atoms with Gasteiger partial charge in [0.05, 0.1) is 16.7 Å². The molecule has 0 unspecified atom stereocenters. The molecule has 28 heavy (non-hydrogen) atoms. The molecule has 0 bridgehead atoms. The Morgan fingerprint density at radius 1 is 0.786 bits per heavy atom. The van der Waals surface area contributed by atoms with E-state index in [0.29, 0.717) is 0 Å². The molecule has 6 rings (SSSR count). The van der Waals surface area contributed by atoms with Crippen LogP contribution in [0.15, 0.2) is 90.4 Å². The number of hydrogen-bond acceptors (Lipinski definition) is 0. The molecule has 0 atom stereocenters. The van der Waals surface area contributed by atoms with Crippen molar-refractivity contribution in [1.82, 2.24) is 4.57 Å². The largest absolute Gasteiger partial charge is 0.302 e. The fourth-order valence-electron chi connectivity index (χ4n) is 4.90. The quantitative estimate of drug-likeness (QED) is 0.329. The first-order valence-corrected chi connectivity index (χ1v) is 9.72. The summed E-state index contributed by atoms with van der Waals surface area (Å²) >= 11 is 0. The summed E-state index contributed by atoms with van der Waals surface area (Å²) in [5.41, 5.74) is 15.4. The standard InChI is InChI=1S/C27H19N/c1-27(2)23-14-8-6-12-19(23)21-16-22-20-13-7-9-15-25(20)28(26(22)17-24(21)27)18-10-4-3-5-11-18/h3-4,6-10,12-17H,1-2H3. The Balaban J connectivity index is 1.81. The van der Waals surface area contributed by atoms with Crippen molar-refractivity contribution in [2.24, 2.45) is 0 Å². The summed E-state index contributed by atoms with van der Waals surface area (Å²) in [6, 6.07) is 22.3. The van der Waals surface area contributed by atoms with Crippen molar-refractivity contribution < 1.29 is 0 Å². The maximum absolute atomic E-state index is 3.30. The van der Waals surface area contributed by atoms with Gasteiger partial charge in [0.1, 0.15) is 0 Å². The van der Waals surface area contributed by atoms with E-state index in [1.165, 1.54) is 44.1 Å². The Labute approximate surface area is 164 Å². The minimum absolute atomic E-state index is 0.00602. The summed E-state index contributed by atoms with van der Waals surface area (Å²) in [4.78, 5) is 0. The number of rotatable bonds is 1. The highest BCUT2D eigenvalue weighted by atomic mass is 15.0. The van der Waals surface area contributed by atoms with Crippen LogP contribution >= 0.6 is 0 Å². The van der Waals surface area contributed by atoms with Crippen LogP contribution in [0.3, 0.4) is 0 Å². The van der Waals surface area contributed by atoms with Gasteiger partial charge in [-0.15, -0.1) is 0 Å². The lowest BCUT2D eigenvalue weighted by Gasteiger charge is -2.21. The van der Waals surface area contributed by atoms with Gasteiger partial charge in [-0.1, -0.05) is 68.1 Å². The number of fused-ring (bicyclic) bond motifs is 6. The molecule has 2 aliphatic carbocycles. The van der Waals surface area contributed by atoms with E-state index >= 15 is 0 Å². The van der Waals surface area contributed by atoms with Gasteiger partial charge < -0.3 is 4.57 Å². The molecule has 0 spiro atoms. The van der Waals surface area contributed by atoms with Crippen molar-refractivity contribution in [3.63, 3.8) is 0 Å². The van der Waals surface area contributed by atoms with E-state index in [1.54, 1.807) is 0 Å². The number of allylic oxidation sites excluding steroid dienone is 4. The van der Waals surface area contributed by atoms with Crippen molar-refractivity contribution in [3.05, 3.63) is 101 Å². The van der Waals surface area contributed by atoms with Crippen LogP contribution in [0.25, 0.3) is 38.6 Å². The predicted molar refractivity (Wildman–Crippen MR) is 117 cm³/mol. The smallest absolute Gasteiger partial charge is 0.0973 e. The van der Waals surface area contributed by atoms with Crippen LogP contribution in [0.4, 0.5) is 0 Å². The van der Waals surface area contributed by atoms with Gasteiger partial charge in [-0.2, -0.15) is 0 Å². The van der Waals surface area contributed by atoms with Gasteiger partial charge in [0.15, 0.2) is 0 Å². The van der Waals surface area contributed by atoms with Crippen LogP contribution in [-0.2, 0) is 5.41 Å². The average Bonchev–Trinajstić information content (AvgIpc) is 3.17. The molecule has 1 aromatic heterocycles. The Hall–Kier alpha value is -3.50. The highest BCUT2D eigenvalue weighted by molar-refractivity contribution is 6.12. The second kappa shape index (κ2) is 5.27. The molecule has 0 amide bonds. The van der Waals surface area contributed by atoms with Gasteiger partial charge in [-0.05, 0) is 58.3 Å². The zero-order valence-corrected chi connectivity index (χ0v) is 16.0. The van der Waals surface area contributed by atoms with Crippen molar-refractivity contribution in [1.29, 1.82) is 0 Å². The number of benzene rings is 3. The third-order valence-corrected chi connectivity index (χ3v) is 6.25. The van der Waals surface area contributed by atoms with Gasteiger partial charge in [0.25, 0.3) is 0 Å². The molecule has 0 fully saturated rings. The summed E-state index contributed by atoms with van der Waals surface area (Å²) in [6.07, 6.45) is 6.03. The molecule has 1 heterocycles. The fraction of sp³-hybridized carbons (Fsp3) is 0.111.